The summed E-state index contributed by atoms with van der Waals surface area (Å²) >= 11 is 0. The average Bonchev–Trinajstić information content (AvgIpc) is 2.47. The number of hydrogen-bond donors (Lipinski definition) is 2. The van der Waals surface area contributed by atoms with Crippen molar-refractivity contribution in [3.05, 3.63) is 54.6 Å². The smallest absolute Gasteiger partial charge is 0.236 e. The van der Waals surface area contributed by atoms with E-state index in [0.29, 0.717) is 17.1 Å². The highest BCUT2D eigenvalue weighted by Gasteiger charge is 2.11. The minimum atomic E-state index is -3.54. The molecule has 0 saturated carbocycles. The highest BCUT2D eigenvalue weighted by atomic mass is 32.2. The molecule has 0 bridgehead atoms. The van der Waals surface area contributed by atoms with E-state index in [1.54, 1.807) is 36.4 Å². The molecule has 23 heavy (non-hydrogen) atoms. The number of nitrogens with one attached hydrogen (secondary N) is 2. The van der Waals surface area contributed by atoms with Crippen LogP contribution in [-0.2, 0) is 14.8 Å². The van der Waals surface area contributed by atoms with Crippen LogP contribution < -0.4 is 14.8 Å². The Morgan fingerprint density at radius 3 is 2.43 bits per heavy atom. The normalized spacial score (nSPS) is 10.8. The molecular formula is C16H18N2O4S. The molecule has 0 saturated heterocycles. The Hall–Kier alpha value is -2.54. The monoisotopic (exact) mass is 334 g/mol. The quantitative estimate of drug-likeness (QED) is 0.814. The summed E-state index contributed by atoms with van der Waals surface area (Å²) in [6.45, 7) is 1.43. The van der Waals surface area contributed by atoms with Crippen LogP contribution in [0.25, 0.3) is 0 Å². The number of para-hydroxylation sites is 1. The van der Waals surface area contributed by atoms with Crippen molar-refractivity contribution in [2.24, 2.45) is 0 Å². The largest absolute Gasteiger partial charge is 0.492 e. The SMILES string of the molecule is CC(=O)Nc1cccc(NS(=O)(=O)CCOc2ccccc2)c1. The summed E-state index contributed by atoms with van der Waals surface area (Å²) in [7, 11) is -3.54. The topological polar surface area (TPSA) is 84.5 Å². The molecule has 0 atom stereocenters. The van der Waals surface area contributed by atoms with Crippen LogP contribution >= 0.6 is 0 Å². The molecule has 0 fully saturated rings. The fourth-order valence-corrected chi connectivity index (χ4v) is 2.77. The van der Waals surface area contributed by atoms with Crippen LogP contribution in [-0.4, -0.2) is 26.7 Å². The van der Waals surface area contributed by atoms with E-state index in [-0.39, 0.29) is 18.3 Å². The third-order valence-corrected chi connectivity index (χ3v) is 4.07. The van der Waals surface area contributed by atoms with Gasteiger partial charge in [-0.25, -0.2) is 8.42 Å². The first-order valence-electron chi connectivity index (χ1n) is 7.01. The van der Waals surface area contributed by atoms with E-state index >= 15 is 0 Å². The summed E-state index contributed by atoms with van der Waals surface area (Å²) in [4.78, 5) is 11.0. The predicted molar refractivity (Wildman–Crippen MR) is 90.1 cm³/mol. The van der Waals surface area contributed by atoms with Gasteiger partial charge in [0, 0.05) is 12.6 Å². The molecule has 0 aliphatic heterocycles. The summed E-state index contributed by atoms with van der Waals surface area (Å²) in [6, 6.07) is 15.5. The van der Waals surface area contributed by atoms with Gasteiger partial charge in [-0.05, 0) is 30.3 Å². The zero-order chi connectivity index (χ0) is 16.7. The molecule has 0 spiro atoms. The number of hydrogen-bond acceptors (Lipinski definition) is 4. The molecule has 0 unspecified atom stereocenters. The highest BCUT2D eigenvalue weighted by Crippen LogP contribution is 2.16. The summed E-state index contributed by atoms with van der Waals surface area (Å²) in [5, 5.41) is 2.60. The van der Waals surface area contributed by atoms with Crippen molar-refractivity contribution in [2.45, 2.75) is 6.92 Å². The lowest BCUT2D eigenvalue weighted by Crippen LogP contribution is -2.21. The Kier molecular flexibility index (Phi) is 5.59. The first-order chi connectivity index (χ1) is 10.9. The zero-order valence-corrected chi connectivity index (χ0v) is 13.5. The molecule has 2 aromatic rings. The molecule has 2 aromatic carbocycles. The number of rotatable bonds is 7. The van der Waals surface area contributed by atoms with Gasteiger partial charge in [-0.1, -0.05) is 24.3 Å². The van der Waals surface area contributed by atoms with Crippen molar-refractivity contribution in [3.8, 4) is 5.75 Å². The van der Waals surface area contributed by atoms with Gasteiger partial charge >= 0.3 is 0 Å². The Bertz CT molecular complexity index is 761. The molecule has 0 aliphatic rings. The van der Waals surface area contributed by atoms with Gasteiger partial charge in [-0.3, -0.25) is 9.52 Å². The van der Waals surface area contributed by atoms with Crippen molar-refractivity contribution < 1.29 is 17.9 Å². The fourth-order valence-electron chi connectivity index (χ4n) is 1.88. The Morgan fingerprint density at radius 1 is 1.04 bits per heavy atom. The van der Waals surface area contributed by atoms with Crippen molar-refractivity contribution in [2.75, 3.05) is 22.4 Å². The number of amides is 1. The average molecular weight is 334 g/mol. The van der Waals surface area contributed by atoms with Crippen molar-refractivity contribution >= 4 is 27.3 Å². The molecule has 7 heteroatoms. The summed E-state index contributed by atoms with van der Waals surface area (Å²) < 4.78 is 31.9. The minimum absolute atomic E-state index is 0.0464. The van der Waals surface area contributed by atoms with Gasteiger partial charge in [-0.2, -0.15) is 0 Å². The Balaban J connectivity index is 1.91. The molecule has 6 nitrogen and oxygen atoms in total. The third-order valence-electron chi connectivity index (χ3n) is 2.82. The molecular weight excluding hydrogens is 316 g/mol. The lowest BCUT2D eigenvalue weighted by Gasteiger charge is -2.10. The van der Waals surface area contributed by atoms with Crippen LogP contribution in [0.1, 0.15) is 6.92 Å². The summed E-state index contributed by atoms with van der Waals surface area (Å²) in [5.74, 6) is 0.225. The second-order valence-corrected chi connectivity index (χ2v) is 6.69. The van der Waals surface area contributed by atoms with Crippen molar-refractivity contribution in [1.82, 2.24) is 0 Å². The van der Waals surface area contributed by atoms with Crippen LogP contribution in [0, 0.1) is 0 Å². The molecule has 2 rings (SSSR count). The van der Waals surface area contributed by atoms with E-state index in [2.05, 4.69) is 10.0 Å². The molecule has 0 aliphatic carbocycles. The van der Waals surface area contributed by atoms with E-state index in [4.69, 9.17) is 4.74 Å². The number of ether oxygens (including phenoxy) is 1. The second-order valence-electron chi connectivity index (χ2n) is 4.84. The maximum atomic E-state index is 12.0. The lowest BCUT2D eigenvalue weighted by atomic mass is 10.3. The highest BCUT2D eigenvalue weighted by molar-refractivity contribution is 7.92. The van der Waals surface area contributed by atoms with Gasteiger partial charge in [0.1, 0.15) is 18.1 Å². The van der Waals surface area contributed by atoms with Crippen LogP contribution in [0.2, 0.25) is 0 Å². The fraction of sp³-hybridized carbons (Fsp3) is 0.188. The molecule has 0 radical (unpaired) electrons. The van der Waals surface area contributed by atoms with Gasteiger partial charge < -0.3 is 10.1 Å². The predicted octanol–water partition coefficient (Wildman–Crippen LogP) is 2.47. The van der Waals surface area contributed by atoms with E-state index in [9.17, 15) is 13.2 Å². The van der Waals surface area contributed by atoms with E-state index < -0.39 is 10.0 Å². The van der Waals surface area contributed by atoms with Gasteiger partial charge in [0.25, 0.3) is 0 Å². The maximum absolute atomic E-state index is 12.0. The summed E-state index contributed by atoms with van der Waals surface area (Å²) in [5.41, 5.74) is 0.911. The second kappa shape index (κ2) is 7.64. The van der Waals surface area contributed by atoms with Gasteiger partial charge in [-0.15, -0.1) is 0 Å². The van der Waals surface area contributed by atoms with E-state index in [0.717, 1.165) is 0 Å². The third kappa shape index (κ3) is 5.99. The molecule has 2 N–H and O–H groups in total. The molecule has 0 aromatic heterocycles. The zero-order valence-electron chi connectivity index (χ0n) is 12.7. The summed E-state index contributed by atoms with van der Waals surface area (Å²) in [6.07, 6.45) is 0. The van der Waals surface area contributed by atoms with Gasteiger partial charge in [0.2, 0.25) is 15.9 Å². The van der Waals surface area contributed by atoms with E-state index in [1.165, 1.54) is 6.92 Å². The van der Waals surface area contributed by atoms with Gasteiger partial charge in [0.05, 0.1) is 5.69 Å². The number of carbonyl (C=O) groups is 1. The Morgan fingerprint density at radius 2 is 1.74 bits per heavy atom. The number of carbonyl (C=O) groups excluding carboxylic acids is 1. The Labute approximate surface area is 135 Å². The van der Waals surface area contributed by atoms with Gasteiger partial charge in [0.15, 0.2) is 0 Å². The lowest BCUT2D eigenvalue weighted by molar-refractivity contribution is -0.114. The first kappa shape index (κ1) is 16.8. The molecule has 122 valence electrons. The van der Waals surface area contributed by atoms with Crippen LogP contribution in [0.4, 0.5) is 11.4 Å². The van der Waals surface area contributed by atoms with Crippen molar-refractivity contribution in [3.63, 3.8) is 0 Å². The standard InChI is InChI=1S/C16H18N2O4S/c1-13(19)17-14-6-5-7-15(12-14)18-23(20,21)11-10-22-16-8-3-2-4-9-16/h2-9,12,18H,10-11H2,1H3,(H,17,19). The van der Waals surface area contributed by atoms with E-state index in [1.807, 2.05) is 18.2 Å². The van der Waals surface area contributed by atoms with Crippen molar-refractivity contribution in [1.29, 1.82) is 0 Å². The number of sulfonamides is 1. The van der Waals surface area contributed by atoms with Crippen LogP contribution in [0.5, 0.6) is 5.75 Å². The van der Waals surface area contributed by atoms with Crippen LogP contribution in [0.3, 0.4) is 0 Å². The van der Waals surface area contributed by atoms with Crippen LogP contribution in [0.15, 0.2) is 54.6 Å². The molecule has 0 heterocycles. The first-order valence-corrected chi connectivity index (χ1v) is 8.66. The minimum Gasteiger partial charge on any atom is -0.492 e. The molecule has 1 amide bonds. The number of benzene rings is 2. The number of anilines is 2. The maximum Gasteiger partial charge on any atom is 0.236 e.